The van der Waals surface area contributed by atoms with Gasteiger partial charge in [-0.3, -0.25) is 4.99 Å². The lowest BCUT2D eigenvalue weighted by Crippen LogP contribution is -2.13. The van der Waals surface area contributed by atoms with Gasteiger partial charge in [0.1, 0.15) is 0 Å². The Bertz CT molecular complexity index is 277. The molecule has 0 aromatic heterocycles. The van der Waals surface area contributed by atoms with Crippen molar-refractivity contribution in [1.82, 2.24) is 0 Å². The number of nitrogens with zero attached hydrogens (tertiary/aromatic N) is 1. The predicted octanol–water partition coefficient (Wildman–Crippen LogP) is 2.17. The van der Waals surface area contributed by atoms with Gasteiger partial charge in [-0.25, -0.2) is 0 Å². The minimum Gasteiger partial charge on any atom is -0.324 e. The van der Waals surface area contributed by atoms with Gasteiger partial charge in [-0.05, 0) is 12.5 Å². The number of hydrogen-bond donors (Lipinski definition) is 1. The zero-order chi connectivity index (χ0) is 9.68. The van der Waals surface area contributed by atoms with Crippen molar-refractivity contribution in [2.24, 2.45) is 10.7 Å². The van der Waals surface area contributed by atoms with Crippen molar-refractivity contribution in [3.05, 3.63) is 35.9 Å². The van der Waals surface area contributed by atoms with Gasteiger partial charge in [0.15, 0.2) is 0 Å². The van der Waals surface area contributed by atoms with Crippen molar-refractivity contribution < 1.29 is 0 Å². The SMILES string of the molecule is CN=C(C)CC(N)c1ccccc1. The van der Waals surface area contributed by atoms with Gasteiger partial charge in [0.2, 0.25) is 0 Å². The maximum Gasteiger partial charge on any atom is 0.0347 e. The molecule has 0 radical (unpaired) electrons. The summed E-state index contributed by atoms with van der Waals surface area (Å²) in [6, 6.07) is 10.2. The van der Waals surface area contributed by atoms with Crippen LogP contribution in [0.2, 0.25) is 0 Å². The molecule has 0 spiro atoms. The molecule has 2 N–H and O–H groups in total. The second-order valence-electron chi connectivity index (χ2n) is 3.18. The summed E-state index contributed by atoms with van der Waals surface area (Å²) in [5.74, 6) is 0. The van der Waals surface area contributed by atoms with E-state index in [4.69, 9.17) is 5.73 Å². The third-order valence-corrected chi connectivity index (χ3v) is 2.12. The Kier molecular flexibility index (Phi) is 3.65. The van der Waals surface area contributed by atoms with E-state index in [0.29, 0.717) is 0 Å². The third-order valence-electron chi connectivity index (χ3n) is 2.12. The van der Waals surface area contributed by atoms with Gasteiger partial charge < -0.3 is 5.73 Å². The van der Waals surface area contributed by atoms with Crippen LogP contribution in [0.3, 0.4) is 0 Å². The summed E-state index contributed by atoms with van der Waals surface area (Å²) in [5, 5.41) is 0. The molecule has 0 heterocycles. The number of aliphatic imine (C=N–C) groups is 1. The molecule has 1 rings (SSSR count). The van der Waals surface area contributed by atoms with E-state index in [9.17, 15) is 0 Å². The van der Waals surface area contributed by atoms with Crippen LogP contribution < -0.4 is 5.73 Å². The van der Waals surface area contributed by atoms with E-state index in [0.717, 1.165) is 12.1 Å². The monoisotopic (exact) mass is 176 g/mol. The summed E-state index contributed by atoms with van der Waals surface area (Å²) in [5.41, 5.74) is 8.26. The van der Waals surface area contributed by atoms with Gasteiger partial charge in [0, 0.05) is 25.2 Å². The normalized spacial score (nSPS) is 14.2. The first-order valence-electron chi connectivity index (χ1n) is 4.47. The molecule has 0 amide bonds. The average Bonchev–Trinajstić information content (AvgIpc) is 2.19. The molecule has 0 saturated carbocycles. The van der Waals surface area contributed by atoms with Gasteiger partial charge in [0.25, 0.3) is 0 Å². The lowest BCUT2D eigenvalue weighted by Gasteiger charge is -2.10. The molecule has 2 nitrogen and oxygen atoms in total. The Labute approximate surface area is 79.5 Å². The van der Waals surface area contributed by atoms with Crippen LogP contribution >= 0.6 is 0 Å². The fourth-order valence-electron chi connectivity index (χ4n) is 1.23. The molecule has 2 heteroatoms. The molecular weight excluding hydrogens is 160 g/mol. The molecular formula is C11H16N2. The highest BCUT2D eigenvalue weighted by Gasteiger charge is 2.05. The van der Waals surface area contributed by atoms with Crippen LogP contribution in [-0.2, 0) is 0 Å². The van der Waals surface area contributed by atoms with Crippen molar-refractivity contribution in [1.29, 1.82) is 0 Å². The number of hydrogen-bond acceptors (Lipinski definition) is 2. The molecule has 0 aliphatic carbocycles. The fourth-order valence-corrected chi connectivity index (χ4v) is 1.23. The Balaban J connectivity index is 2.64. The molecule has 70 valence electrons. The van der Waals surface area contributed by atoms with E-state index in [2.05, 4.69) is 4.99 Å². The first kappa shape index (κ1) is 9.93. The van der Waals surface area contributed by atoms with Gasteiger partial charge in [-0.2, -0.15) is 0 Å². The highest BCUT2D eigenvalue weighted by Crippen LogP contribution is 2.13. The summed E-state index contributed by atoms with van der Waals surface area (Å²) in [6.45, 7) is 2.00. The molecule has 1 unspecified atom stereocenters. The summed E-state index contributed by atoms with van der Waals surface area (Å²) in [4.78, 5) is 4.09. The lowest BCUT2D eigenvalue weighted by molar-refractivity contribution is 0.760. The van der Waals surface area contributed by atoms with E-state index in [1.54, 1.807) is 7.05 Å². The highest BCUT2D eigenvalue weighted by molar-refractivity contribution is 5.82. The standard InChI is InChI=1S/C11H16N2/c1-9(13-2)8-11(12)10-6-4-3-5-7-10/h3-7,11H,8,12H2,1-2H3. The van der Waals surface area contributed by atoms with Gasteiger partial charge >= 0.3 is 0 Å². The van der Waals surface area contributed by atoms with Crippen LogP contribution in [0.15, 0.2) is 35.3 Å². The Hall–Kier alpha value is -1.15. The quantitative estimate of drug-likeness (QED) is 0.704. The number of nitrogens with two attached hydrogens (primary N) is 1. The maximum atomic E-state index is 5.99. The Morgan fingerprint density at radius 1 is 1.38 bits per heavy atom. The van der Waals surface area contributed by atoms with Crippen LogP contribution in [0.5, 0.6) is 0 Å². The molecule has 0 aliphatic heterocycles. The first-order valence-corrected chi connectivity index (χ1v) is 4.47. The van der Waals surface area contributed by atoms with E-state index < -0.39 is 0 Å². The zero-order valence-corrected chi connectivity index (χ0v) is 8.20. The van der Waals surface area contributed by atoms with E-state index in [1.807, 2.05) is 37.3 Å². The number of benzene rings is 1. The maximum absolute atomic E-state index is 5.99. The smallest absolute Gasteiger partial charge is 0.0347 e. The van der Waals surface area contributed by atoms with Crippen LogP contribution in [0.25, 0.3) is 0 Å². The second-order valence-corrected chi connectivity index (χ2v) is 3.18. The second kappa shape index (κ2) is 4.77. The van der Waals surface area contributed by atoms with Crippen LogP contribution in [-0.4, -0.2) is 12.8 Å². The van der Waals surface area contributed by atoms with Crippen molar-refractivity contribution in [3.63, 3.8) is 0 Å². The Morgan fingerprint density at radius 3 is 2.54 bits per heavy atom. The summed E-state index contributed by atoms with van der Waals surface area (Å²) in [7, 11) is 1.80. The van der Waals surface area contributed by atoms with E-state index in [1.165, 1.54) is 5.56 Å². The van der Waals surface area contributed by atoms with Gasteiger partial charge in [-0.15, -0.1) is 0 Å². The van der Waals surface area contributed by atoms with E-state index in [-0.39, 0.29) is 6.04 Å². The zero-order valence-electron chi connectivity index (χ0n) is 8.20. The van der Waals surface area contributed by atoms with Crippen LogP contribution in [0.4, 0.5) is 0 Å². The largest absolute Gasteiger partial charge is 0.324 e. The predicted molar refractivity (Wildman–Crippen MR) is 57.0 cm³/mol. The molecule has 0 saturated heterocycles. The molecule has 0 aliphatic rings. The molecule has 13 heavy (non-hydrogen) atoms. The summed E-state index contributed by atoms with van der Waals surface area (Å²) < 4.78 is 0. The minimum atomic E-state index is 0.0740. The Morgan fingerprint density at radius 2 is 2.00 bits per heavy atom. The van der Waals surface area contributed by atoms with Crippen molar-refractivity contribution in [3.8, 4) is 0 Å². The fraction of sp³-hybridized carbons (Fsp3) is 0.364. The molecule has 0 fully saturated rings. The molecule has 1 aromatic carbocycles. The minimum absolute atomic E-state index is 0.0740. The van der Waals surface area contributed by atoms with Gasteiger partial charge in [-0.1, -0.05) is 30.3 Å². The third kappa shape index (κ3) is 2.99. The average molecular weight is 176 g/mol. The summed E-state index contributed by atoms with van der Waals surface area (Å²) in [6.07, 6.45) is 0.834. The van der Waals surface area contributed by atoms with Crippen molar-refractivity contribution in [2.45, 2.75) is 19.4 Å². The van der Waals surface area contributed by atoms with Gasteiger partial charge in [0.05, 0.1) is 0 Å². The molecule has 0 bridgehead atoms. The first-order chi connectivity index (χ1) is 6.24. The molecule has 1 atom stereocenters. The lowest BCUT2D eigenvalue weighted by atomic mass is 10.0. The van der Waals surface area contributed by atoms with Crippen molar-refractivity contribution in [2.75, 3.05) is 7.05 Å². The highest BCUT2D eigenvalue weighted by atomic mass is 14.7. The van der Waals surface area contributed by atoms with E-state index >= 15 is 0 Å². The summed E-state index contributed by atoms with van der Waals surface area (Å²) >= 11 is 0. The topological polar surface area (TPSA) is 38.4 Å². The van der Waals surface area contributed by atoms with Crippen LogP contribution in [0.1, 0.15) is 24.9 Å². The van der Waals surface area contributed by atoms with Crippen molar-refractivity contribution >= 4 is 5.71 Å². The molecule has 1 aromatic rings. The van der Waals surface area contributed by atoms with Crippen LogP contribution in [0, 0.1) is 0 Å². The number of rotatable bonds is 3.